The molecule has 1 N–H and O–H groups in total. The molecule has 0 aromatic carbocycles. The van der Waals surface area contributed by atoms with Crippen molar-refractivity contribution in [1.29, 1.82) is 0 Å². The first kappa shape index (κ1) is 8.89. The third-order valence-corrected chi connectivity index (χ3v) is 1.78. The second kappa shape index (κ2) is 3.59. The molecule has 1 atom stereocenters. The highest BCUT2D eigenvalue weighted by molar-refractivity contribution is 5.43. The fourth-order valence-corrected chi connectivity index (χ4v) is 0.980. The number of nitrogens with zero attached hydrogens (tertiary/aromatic N) is 3. The normalized spacial score (nSPS) is 13.0. The summed E-state index contributed by atoms with van der Waals surface area (Å²) in [6, 6.07) is 1.61. The van der Waals surface area contributed by atoms with E-state index in [-0.39, 0.29) is 11.7 Å². The molecule has 0 aliphatic carbocycles. The second-order valence-corrected chi connectivity index (χ2v) is 2.77. The van der Waals surface area contributed by atoms with Gasteiger partial charge in [-0.15, -0.1) is 0 Å². The minimum absolute atomic E-state index is 0.251. The average molecular weight is 195 g/mol. The molecule has 0 fully saturated rings. The van der Waals surface area contributed by atoms with Crippen molar-refractivity contribution in [3.8, 4) is 11.6 Å². The van der Waals surface area contributed by atoms with Crippen LogP contribution in [0.5, 0.6) is 0 Å². The van der Waals surface area contributed by atoms with E-state index in [2.05, 4.69) is 19.8 Å². The Labute approximate surface area is 79.5 Å². The lowest BCUT2D eigenvalue weighted by Crippen LogP contribution is -1.97. The van der Waals surface area contributed by atoms with Crippen LogP contribution in [0.25, 0.3) is 11.6 Å². The van der Waals surface area contributed by atoms with Crippen molar-refractivity contribution in [2.75, 3.05) is 0 Å². The highest BCUT2D eigenvalue weighted by Gasteiger charge is 2.15. The molecular weight excluding hydrogens is 186 g/mol. The number of aliphatic hydroxyl groups is 1. The van der Waals surface area contributed by atoms with Gasteiger partial charge in [0.15, 0.2) is 5.69 Å². The van der Waals surface area contributed by atoms with Gasteiger partial charge in [0, 0.05) is 6.07 Å². The van der Waals surface area contributed by atoms with E-state index in [4.69, 9.17) is 4.52 Å². The van der Waals surface area contributed by atoms with Gasteiger partial charge in [-0.05, 0) is 6.42 Å². The molecule has 6 nitrogen and oxygen atoms in total. The van der Waals surface area contributed by atoms with Crippen LogP contribution >= 0.6 is 0 Å². The molecule has 0 radical (unpaired) electrons. The number of aliphatic hydroxyl groups excluding tert-OH is 1. The van der Waals surface area contributed by atoms with E-state index in [0.29, 0.717) is 12.1 Å². The van der Waals surface area contributed by atoms with E-state index in [9.17, 15) is 5.11 Å². The molecule has 0 amide bonds. The van der Waals surface area contributed by atoms with Gasteiger partial charge >= 0.3 is 0 Å². The molecule has 2 heterocycles. The Morgan fingerprint density at radius 1 is 1.50 bits per heavy atom. The molecule has 2 rings (SSSR count). The van der Waals surface area contributed by atoms with Crippen molar-refractivity contribution in [2.24, 2.45) is 0 Å². The second-order valence-electron chi connectivity index (χ2n) is 2.77. The molecule has 2 aromatic heterocycles. The molecule has 0 saturated heterocycles. The maximum absolute atomic E-state index is 9.41. The molecule has 0 aliphatic heterocycles. The van der Waals surface area contributed by atoms with Gasteiger partial charge in [-0.1, -0.05) is 17.2 Å². The Morgan fingerprint density at radius 2 is 2.36 bits per heavy atom. The van der Waals surface area contributed by atoms with Gasteiger partial charge in [0.25, 0.3) is 5.89 Å². The predicted molar refractivity (Wildman–Crippen MR) is 45.0 cm³/mol. The van der Waals surface area contributed by atoms with Gasteiger partial charge < -0.3 is 14.2 Å². The van der Waals surface area contributed by atoms with E-state index >= 15 is 0 Å². The minimum atomic E-state index is -0.695. The maximum atomic E-state index is 9.41. The average Bonchev–Trinajstić information content (AvgIpc) is 2.86. The number of aromatic nitrogens is 3. The van der Waals surface area contributed by atoms with Gasteiger partial charge in [-0.2, -0.15) is 4.98 Å². The van der Waals surface area contributed by atoms with Gasteiger partial charge in [0.2, 0.25) is 5.82 Å². The summed E-state index contributed by atoms with van der Waals surface area (Å²) < 4.78 is 9.51. The molecule has 1 unspecified atom stereocenters. The number of hydrogen-bond donors (Lipinski definition) is 1. The van der Waals surface area contributed by atoms with Crippen LogP contribution in [0.3, 0.4) is 0 Å². The topological polar surface area (TPSA) is 85.2 Å². The summed E-state index contributed by atoms with van der Waals surface area (Å²) in [5.74, 6) is 0.520. The summed E-state index contributed by atoms with van der Waals surface area (Å²) in [5, 5.41) is 16.7. The fraction of sp³-hybridized carbons (Fsp3) is 0.375. The number of rotatable bonds is 3. The Bertz CT molecular complexity index is 396. The van der Waals surface area contributed by atoms with Gasteiger partial charge in [-0.25, -0.2) is 0 Å². The largest absolute Gasteiger partial charge is 0.385 e. The predicted octanol–water partition coefficient (Wildman–Crippen LogP) is 1.17. The monoisotopic (exact) mass is 195 g/mol. The van der Waals surface area contributed by atoms with Crippen LogP contribution in [-0.2, 0) is 0 Å². The van der Waals surface area contributed by atoms with Crippen LogP contribution in [0, 0.1) is 0 Å². The van der Waals surface area contributed by atoms with E-state index in [1.807, 2.05) is 6.92 Å². The van der Waals surface area contributed by atoms with Crippen LogP contribution < -0.4 is 0 Å². The smallest absolute Gasteiger partial charge is 0.280 e. The molecule has 0 aliphatic rings. The Hall–Kier alpha value is -1.69. The Kier molecular flexibility index (Phi) is 2.28. The molecule has 2 aromatic rings. The van der Waals surface area contributed by atoms with Gasteiger partial charge in [0.05, 0.1) is 0 Å². The third kappa shape index (κ3) is 1.51. The molecule has 74 valence electrons. The van der Waals surface area contributed by atoms with E-state index in [1.54, 1.807) is 6.07 Å². The minimum Gasteiger partial charge on any atom is -0.385 e. The van der Waals surface area contributed by atoms with Crippen molar-refractivity contribution in [3.05, 3.63) is 18.2 Å². The molecule has 0 saturated carbocycles. The highest BCUT2D eigenvalue weighted by atomic mass is 16.5. The molecular formula is C8H9N3O3. The lowest BCUT2D eigenvalue weighted by Gasteiger charge is -1.97. The van der Waals surface area contributed by atoms with Crippen molar-refractivity contribution >= 4 is 0 Å². The fourth-order valence-electron chi connectivity index (χ4n) is 0.980. The zero-order valence-electron chi connectivity index (χ0n) is 7.54. The van der Waals surface area contributed by atoms with Crippen LogP contribution in [0.15, 0.2) is 21.4 Å². The van der Waals surface area contributed by atoms with Crippen molar-refractivity contribution < 1.29 is 14.2 Å². The van der Waals surface area contributed by atoms with E-state index in [0.717, 1.165) is 0 Å². The first-order chi connectivity index (χ1) is 6.81. The maximum Gasteiger partial charge on any atom is 0.280 e. The lowest BCUT2D eigenvalue weighted by atomic mass is 10.3. The van der Waals surface area contributed by atoms with Crippen LogP contribution in [0.1, 0.15) is 25.3 Å². The van der Waals surface area contributed by atoms with Crippen molar-refractivity contribution in [3.63, 3.8) is 0 Å². The standard InChI is InChI=1S/C8H9N3O3/c1-2-6(12)7-9-8(14-11-7)5-3-4-13-10-5/h3-4,6,12H,2H2,1H3. The third-order valence-electron chi connectivity index (χ3n) is 1.78. The SMILES string of the molecule is CCC(O)c1noc(-c2ccon2)n1. The van der Waals surface area contributed by atoms with Crippen molar-refractivity contribution in [1.82, 2.24) is 15.3 Å². The summed E-state index contributed by atoms with van der Waals surface area (Å²) in [7, 11) is 0. The van der Waals surface area contributed by atoms with Crippen molar-refractivity contribution in [2.45, 2.75) is 19.4 Å². The zero-order valence-corrected chi connectivity index (χ0v) is 7.54. The summed E-state index contributed by atoms with van der Waals surface area (Å²) in [6.45, 7) is 1.83. The van der Waals surface area contributed by atoms with E-state index < -0.39 is 6.10 Å². The van der Waals surface area contributed by atoms with E-state index in [1.165, 1.54) is 6.26 Å². The summed E-state index contributed by atoms with van der Waals surface area (Å²) in [6.07, 6.45) is 1.26. The highest BCUT2D eigenvalue weighted by Crippen LogP contribution is 2.18. The first-order valence-electron chi connectivity index (χ1n) is 4.23. The Balaban J connectivity index is 2.26. The Morgan fingerprint density at radius 3 is 3.00 bits per heavy atom. The van der Waals surface area contributed by atoms with Crippen LogP contribution in [0.2, 0.25) is 0 Å². The number of hydrogen-bond acceptors (Lipinski definition) is 6. The molecule has 14 heavy (non-hydrogen) atoms. The summed E-state index contributed by atoms with van der Waals surface area (Å²) in [5.41, 5.74) is 0.465. The zero-order chi connectivity index (χ0) is 9.97. The summed E-state index contributed by atoms with van der Waals surface area (Å²) in [4.78, 5) is 3.97. The quantitative estimate of drug-likeness (QED) is 0.791. The molecule has 6 heteroatoms. The van der Waals surface area contributed by atoms with Crippen LogP contribution in [-0.4, -0.2) is 20.4 Å². The first-order valence-corrected chi connectivity index (χ1v) is 4.23. The van der Waals surface area contributed by atoms with Gasteiger partial charge in [-0.3, -0.25) is 0 Å². The van der Waals surface area contributed by atoms with Gasteiger partial charge in [0.1, 0.15) is 12.4 Å². The summed E-state index contributed by atoms with van der Waals surface area (Å²) >= 11 is 0. The molecule has 0 bridgehead atoms. The molecule has 0 spiro atoms. The van der Waals surface area contributed by atoms with Crippen LogP contribution in [0.4, 0.5) is 0 Å². The lowest BCUT2D eigenvalue weighted by molar-refractivity contribution is 0.159.